The van der Waals surface area contributed by atoms with Gasteiger partial charge in [0.25, 0.3) is 0 Å². The first-order valence-corrected chi connectivity index (χ1v) is 6.94. The Kier molecular flexibility index (Phi) is 4.40. The zero-order chi connectivity index (χ0) is 14.7. The largest absolute Gasteiger partial charge is 0.396 e. The Morgan fingerprint density at radius 1 is 1.15 bits per heavy atom. The molecule has 2 aromatic rings. The summed E-state index contributed by atoms with van der Waals surface area (Å²) >= 11 is 0. The van der Waals surface area contributed by atoms with Gasteiger partial charge in [-0.25, -0.2) is 0 Å². The van der Waals surface area contributed by atoms with Gasteiger partial charge in [0.05, 0.1) is 5.92 Å². The van der Waals surface area contributed by atoms with Crippen molar-refractivity contribution in [2.45, 2.75) is 19.8 Å². The molecular weight excluding hydrogens is 250 g/mol. The third kappa shape index (κ3) is 2.68. The van der Waals surface area contributed by atoms with Crippen LogP contribution in [0.4, 0.5) is 0 Å². The molecule has 2 rings (SSSR count). The van der Waals surface area contributed by atoms with Crippen molar-refractivity contribution in [3.05, 3.63) is 48.0 Å². The fraction of sp³-hybridized carbons (Fsp3) is 0.353. The number of aliphatic hydroxyl groups is 1. The van der Waals surface area contributed by atoms with Crippen molar-refractivity contribution in [3.8, 4) is 0 Å². The predicted molar refractivity (Wildman–Crippen MR) is 81.3 cm³/mol. The zero-order valence-corrected chi connectivity index (χ0v) is 11.9. The van der Waals surface area contributed by atoms with Gasteiger partial charge in [-0.1, -0.05) is 56.3 Å². The fourth-order valence-corrected chi connectivity index (χ4v) is 2.71. The third-order valence-electron chi connectivity index (χ3n) is 4.18. The number of hydrogen-bond acceptors (Lipinski definition) is 2. The van der Waals surface area contributed by atoms with Crippen molar-refractivity contribution in [3.63, 3.8) is 0 Å². The maximum Gasteiger partial charge on any atom is 0.225 e. The summed E-state index contributed by atoms with van der Waals surface area (Å²) in [5.74, 6) is -0.716. The van der Waals surface area contributed by atoms with E-state index in [4.69, 9.17) is 5.73 Å². The van der Waals surface area contributed by atoms with Gasteiger partial charge in [0.1, 0.15) is 0 Å². The van der Waals surface area contributed by atoms with Gasteiger partial charge in [0.15, 0.2) is 0 Å². The smallest absolute Gasteiger partial charge is 0.225 e. The molecule has 2 aromatic carbocycles. The van der Waals surface area contributed by atoms with Gasteiger partial charge < -0.3 is 10.8 Å². The van der Waals surface area contributed by atoms with Crippen LogP contribution in [-0.4, -0.2) is 17.6 Å². The van der Waals surface area contributed by atoms with E-state index in [1.807, 2.05) is 56.3 Å². The van der Waals surface area contributed by atoms with E-state index in [9.17, 15) is 9.90 Å². The second-order valence-corrected chi connectivity index (χ2v) is 5.47. The van der Waals surface area contributed by atoms with Crippen LogP contribution in [0.3, 0.4) is 0 Å². The second kappa shape index (κ2) is 6.06. The van der Waals surface area contributed by atoms with E-state index in [0.717, 1.165) is 16.3 Å². The Balaban J connectivity index is 2.55. The normalized spacial score (nSPS) is 15.8. The zero-order valence-electron chi connectivity index (χ0n) is 11.9. The number of carbonyl (C=O) groups excluding carboxylic acids is 1. The predicted octanol–water partition coefficient (Wildman–Crippen LogP) is 2.67. The molecule has 0 saturated carbocycles. The van der Waals surface area contributed by atoms with Gasteiger partial charge in [-0.2, -0.15) is 0 Å². The molecule has 0 radical (unpaired) electrons. The topological polar surface area (TPSA) is 63.3 Å². The van der Waals surface area contributed by atoms with Crippen molar-refractivity contribution in [1.29, 1.82) is 0 Å². The molecule has 0 aromatic heterocycles. The summed E-state index contributed by atoms with van der Waals surface area (Å²) in [6, 6.07) is 13.9. The molecule has 0 aliphatic carbocycles. The number of hydrogen-bond donors (Lipinski definition) is 2. The quantitative estimate of drug-likeness (QED) is 0.878. The van der Waals surface area contributed by atoms with E-state index in [2.05, 4.69) is 0 Å². The van der Waals surface area contributed by atoms with Crippen molar-refractivity contribution < 1.29 is 9.90 Å². The number of rotatable bonds is 5. The van der Waals surface area contributed by atoms with Crippen molar-refractivity contribution in [2.75, 3.05) is 6.61 Å². The van der Waals surface area contributed by atoms with Crippen molar-refractivity contribution in [2.24, 2.45) is 17.6 Å². The molecule has 0 aliphatic rings. The van der Waals surface area contributed by atoms with Crippen LogP contribution < -0.4 is 5.73 Å². The number of benzene rings is 2. The number of amides is 1. The molecule has 3 atom stereocenters. The number of carbonyl (C=O) groups is 1. The van der Waals surface area contributed by atoms with Gasteiger partial charge in [-0.3, -0.25) is 4.79 Å². The van der Waals surface area contributed by atoms with Crippen molar-refractivity contribution in [1.82, 2.24) is 0 Å². The summed E-state index contributed by atoms with van der Waals surface area (Å²) < 4.78 is 0. The van der Waals surface area contributed by atoms with Gasteiger partial charge in [0.2, 0.25) is 5.91 Å². The Morgan fingerprint density at radius 3 is 2.45 bits per heavy atom. The SMILES string of the molecule is CC(CO)C(C)C(C(N)=O)c1cccc2ccccc12. The van der Waals surface area contributed by atoms with Gasteiger partial charge in [-0.05, 0) is 28.2 Å². The molecule has 3 N–H and O–H groups in total. The molecule has 3 heteroatoms. The minimum Gasteiger partial charge on any atom is -0.396 e. The lowest BCUT2D eigenvalue weighted by Gasteiger charge is -2.27. The average Bonchev–Trinajstić information content (AvgIpc) is 2.46. The Labute approximate surface area is 119 Å². The number of primary amides is 1. The Bertz CT molecular complexity index is 603. The van der Waals surface area contributed by atoms with Crippen LogP contribution in [0.5, 0.6) is 0 Å². The Hall–Kier alpha value is -1.87. The fourth-order valence-electron chi connectivity index (χ4n) is 2.71. The lowest BCUT2D eigenvalue weighted by atomic mass is 9.78. The van der Waals surface area contributed by atoms with Crippen LogP contribution in [0.25, 0.3) is 10.8 Å². The van der Waals surface area contributed by atoms with Crippen LogP contribution in [0, 0.1) is 11.8 Å². The van der Waals surface area contributed by atoms with Gasteiger partial charge in [0, 0.05) is 6.61 Å². The monoisotopic (exact) mass is 271 g/mol. The van der Waals surface area contributed by atoms with Gasteiger partial charge in [-0.15, -0.1) is 0 Å². The highest BCUT2D eigenvalue weighted by atomic mass is 16.3. The molecular formula is C17H21NO2. The summed E-state index contributed by atoms with van der Waals surface area (Å²) in [5.41, 5.74) is 6.58. The summed E-state index contributed by atoms with van der Waals surface area (Å²) in [6.07, 6.45) is 0. The summed E-state index contributed by atoms with van der Waals surface area (Å²) in [6.45, 7) is 3.96. The lowest BCUT2D eigenvalue weighted by molar-refractivity contribution is -0.121. The molecule has 0 spiro atoms. The van der Waals surface area contributed by atoms with E-state index >= 15 is 0 Å². The van der Waals surface area contributed by atoms with Crippen LogP contribution in [0.2, 0.25) is 0 Å². The number of nitrogens with two attached hydrogens (primary N) is 1. The maximum absolute atomic E-state index is 11.9. The minimum absolute atomic E-state index is 0.0108. The molecule has 20 heavy (non-hydrogen) atoms. The molecule has 3 nitrogen and oxygen atoms in total. The van der Waals surface area contributed by atoms with Crippen LogP contribution in [0.15, 0.2) is 42.5 Å². The van der Waals surface area contributed by atoms with E-state index < -0.39 is 0 Å². The lowest BCUT2D eigenvalue weighted by Crippen LogP contribution is -2.31. The molecule has 0 fully saturated rings. The first-order chi connectivity index (χ1) is 9.56. The minimum atomic E-state index is -0.386. The second-order valence-electron chi connectivity index (χ2n) is 5.47. The Morgan fingerprint density at radius 2 is 1.80 bits per heavy atom. The summed E-state index contributed by atoms with van der Waals surface area (Å²) in [7, 11) is 0. The molecule has 0 bridgehead atoms. The summed E-state index contributed by atoms with van der Waals surface area (Å²) in [5, 5.41) is 11.5. The maximum atomic E-state index is 11.9. The van der Waals surface area contributed by atoms with Crippen LogP contribution in [-0.2, 0) is 4.79 Å². The third-order valence-corrected chi connectivity index (χ3v) is 4.18. The highest BCUT2D eigenvalue weighted by Crippen LogP contribution is 2.34. The molecule has 1 amide bonds. The summed E-state index contributed by atoms with van der Waals surface area (Å²) in [4.78, 5) is 11.9. The molecule has 106 valence electrons. The first-order valence-electron chi connectivity index (χ1n) is 6.94. The molecule has 3 unspecified atom stereocenters. The first kappa shape index (κ1) is 14.5. The highest BCUT2D eigenvalue weighted by molar-refractivity contribution is 5.92. The van der Waals surface area contributed by atoms with E-state index in [1.54, 1.807) is 0 Å². The number of fused-ring (bicyclic) bond motifs is 1. The highest BCUT2D eigenvalue weighted by Gasteiger charge is 2.29. The van der Waals surface area contributed by atoms with Crippen LogP contribution in [0.1, 0.15) is 25.3 Å². The molecule has 0 aliphatic heterocycles. The van der Waals surface area contributed by atoms with E-state index in [1.165, 1.54) is 0 Å². The van der Waals surface area contributed by atoms with E-state index in [0.29, 0.717) is 0 Å². The average molecular weight is 271 g/mol. The standard InChI is InChI=1S/C17H21NO2/c1-11(10-19)12(2)16(17(18)20)15-9-5-7-13-6-3-4-8-14(13)15/h3-9,11-12,16,19H,10H2,1-2H3,(H2,18,20). The van der Waals surface area contributed by atoms with Crippen molar-refractivity contribution >= 4 is 16.7 Å². The molecule has 0 heterocycles. The number of aliphatic hydroxyl groups excluding tert-OH is 1. The van der Waals surface area contributed by atoms with Gasteiger partial charge >= 0.3 is 0 Å². The molecule has 0 saturated heterocycles. The van der Waals surface area contributed by atoms with Crippen LogP contribution >= 0.6 is 0 Å². The van der Waals surface area contributed by atoms with E-state index in [-0.39, 0.29) is 30.3 Å².